The van der Waals surface area contributed by atoms with Crippen LogP contribution in [0.15, 0.2) is 34.1 Å². The monoisotopic (exact) mass is 317 g/mol. The highest BCUT2D eigenvalue weighted by molar-refractivity contribution is 7.90. The van der Waals surface area contributed by atoms with Gasteiger partial charge in [0.15, 0.2) is 9.84 Å². The van der Waals surface area contributed by atoms with Crippen LogP contribution in [0.5, 0.6) is 0 Å². The second kappa shape index (κ2) is 6.83. The van der Waals surface area contributed by atoms with E-state index in [0.29, 0.717) is 17.2 Å². The van der Waals surface area contributed by atoms with Crippen LogP contribution in [0.2, 0.25) is 0 Å². The van der Waals surface area contributed by atoms with Gasteiger partial charge >= 0.3 is 0 Å². The summed E-state index contributed by atoms with van der Waals surface area (Å²) >= 11 is 0. The molecule has 0 saturated heterocycles. The van der Waals surface area contributed by atoms with Crippen molar-refractivity contribution in [3.8, 4) is 0 Å². The average molecular weight is 317 g/mol. The van der Waals surface area contributed by atoms with Crippen LogP contribution in [-0.4, -0.2) is 31.2 Å². The van der Waals surface area contributed by atoms with Crippen molar-refractivity contribution in [2.45, 2.75) is 36.5 Å². The van der Waals surface area contributed by atoms with Gasteiger partial charge < -0.3 is 5.73 Å². The molecule has 0 radical (unpaired) electrons. The molecule has 0 aliphatic rings. The Labute approximate surface area is 124 Å². The van der Waals surface area contributed by atoms with Gasteiger partial charge in [0.2, 0.25) is 0 Å². The summed E-state index contributed by atoms with van der Waals surface area (Å²) in [6, 6.07) is 6.26. The topological polar surface area (TPSA) is 77.2 Å². The maximum atomic E-state index is 12.1. The predicted octanol–water partition coefficient (Wildman–Crippen LogP) is 1.96. The van der Waals surface area contributed by atoms with Crippen LogP contribution in [-0.2, 0) is 20.6 Å². The molecule has 0 spiro atoms. The van der Waals surface area contributed by atoms with E-state index >= 15 is 0 Å². The highest BCUT2D eigenvalue weighted by atomic mass is 32.2. The molecule has 2 N–H and O–H groups in total. The van der Waals surface area contributed by atoms with Gasteiger partial charge in [0.05, 0.1) is 15.7 Å². The van der Waals surface area contributed by atoms with Crippen LogP contribution in [0.3, 0.4) is 0 Å². The first-order valence-electron chi connectivity index (χ1n) is 6.54. The summed E-state index contributed by atoms with van der Waals surface area (Å²) < 4.78 is 34.8. The summed E-state index contributed by atoms with van der Waals surface area (Å²) in [5.41, 5.74) is 5.73. The SMILES string of the molecule is CC(C)(CN)CCCS(=O)c1ccc(S(C)(=O)=O)cc1. The molecular weight excluding hydrogens is 294 g/mol. The van der Waals surface area contributed by atoms with Crippen molar-refractivity contribution in [1.29, 1.82) is 0 Å². The summed E-state index contributed by atoms with van der Waals surface area (Å²) in [7, 11) is -4.29. The zero-order chi connectivity index (χ0) is 15.4. The highest BCUT2D eigenvalue weighted by Crippen LogP contribution is 2.21. The largest absolute Gasteiger partial charge is 0.330 e. The molecule has 0 amide bonds. The van der Waals surface area contributed by atoms with Gasteiger partial charge in [0.25, 0.3) is 0 Å². The normalized spacial score (nSPS) is 14.2. The van der Waals surface area contributed by atoms with Crippen LogP contribution in [0.1, 0.15) is 26.7 Å². The Morgan fingerprint density at radius 1 is 1.20 bits per heavy atom. The minimum Gasteiger partial charge on any atom is -0.330 e. The summed E-state index contributed by atoms with van der Waals surface area (Å²) in [6.07, 6.45) is 2.93. The Morgan fingerprint density at radius 2 is 1.75 bits per heavy atom. The average Bonchev–Trinajstić information content (AvgIpc) is 2.37. The van der Waals surface area contributed by atoms with Gasteiger partial charge in [-0.2, -0.15) is 0 Å². The van der Waals surface area contributed by atoms with Crippen LogP contribution in [0.4, 0.5) is 0 Å². The Balaban J connectivity index is 2.61. The molecule has 1 aromatic carbocycles. The lowest BCUT2D eigenvalue weighted by Crippen LogP contribution is -2.23. The molecule has 114 valence electrons. The number of nitrogens with two attached hydrogens (primary N) is 1. The van der Waals surface area contributed by atoms with Gasteiger partial charge in [-0.1, -0.05) is 13.8 Å². The van der Waals surface area contributed by atoms with E-state index in [1.165, 1.54) is 12.1 Å². The van der Waals surface area contributed by atoms with Crippen molar-refractivity contribution in [3.05, 3.63) is 24.3 Å². The maximum Gasteiger partial charge on any atom is 0.175 e. The molecule has 1 unspecified atom stereocenters. The zero-order valence-electron chi connectivity index (χ0n) is 12.3. The Hall–Kier alpha value is -0.720. The van der Waals surface area contributed by atoms with Crippen molar-refractivity contribution in [2.24, 2.45) is 11.1 Å². The Kier molecular flexibility index (Phi) is 5.91. The van der Waals surface area contributed by atoms with E-state index in [0.717, 1.165) is 19.1 Å². The van der Waals surface area contributed by atoms with Crippen molar-refractivity contribution in [2.75, 3.05) is 18.6 Å². The second-order valence-electron chi connectivity index (χ2n) is 5.77. The molecule has 1 atom stereocenters. The minimum atomic E-state index is -3.20. The van der Waals surface area contributed by atoms with Gasteiger partial charge in [0, 0.05) is 16.9 Å². The van der Waals surface area contributed by atoms with E-state index in [1.54, 1.807) is 12.1 Å². The number of benzene rings is 1. The summed E-state index contributed by atoms with van der Waals surface area (Å²) in [5, 5.41) is 0. The fraction of sp³-hybridized carbons (Fsp3) is 0.571. The van der Waals surface area contributed by atoms with Crippen molar-refractivity contribution in [3.63, 3.8) is 0 Å². The van der Waals surface area contributed by atoms with E-state index in [2.05, 4.69) is 13.8 Å². The lowest BCUT2D eigenvalue weighted by molar-refractivity contribution is 0.344. The third-order valence-corrected chi connectivity index (χ3v) is 5.84. The molecule has 0 bridgehead atoms. The third kappa shape index (κ3) is 5.34. The number of hydrogen-bond acceptors (Lipinski definition) is 4. The van der Waals surface area contributed by atoms with Crippen LogP contribution >= 0.6 is 0 Å². The molecule has 0 aliphatic heterocycles. The molecule has 20 heavy (non-hydrogen) atoms. The van der Waals surface area contributed by atoms with E-state index < -0.39 is 20.6 Å². The number of hydrogen-bond donors (Lipinski definition) is 1. The molecule has 6 heteroatoms. The van der Waals surface area contributed by atoms with E-state index in [9.17, 15) is 12.6 Å². The molecular formula is C14H23NO3S2. The van der Waals surface area contributed by atoms with Crippen molar-refractivity contribution < 1.29 is 12.6 Å². The smallest absolute Gasteiger partial charge is 0.175 e. The highest BCUT2D eigenvalue weighted by Gasteiger charge is 2.16. The fourth-order valence-corrected chi connectivity index (χ4v) is 3.45. The first-order chi connectivity index (χ1) is 9.15. The first-order valence-corrected chi connectivity index (χ1v) is 9.75. The van der Waals surface area contributed by atoms with Crippen LogP contribution < -0.4 is 5.73 Å². The lowest BCUT2D eigenvalue weighted by atomic mass is 9.88. The molecule has 0 saturated carbocycles. The van der Waals surface area contributed by atoms with Gasteiger partial charge in [-0.15, -0.1) is 0 Å². The molecule has 0 aromatic heterocycles. The molecule has 1 aromatic rings. The van der Waals surface area contributed by atoms with Gasteiger partial charge in [0.1, 0.15) is 0 Å². The van der Waals surface area contributed by atoms with Gasteiger partial charge in [-0.25, -0.2) is 8.42 Å². The van der Waals surface area contributed by atoms with E-state index in [1.807, 2.05) is 0 Å². The molecule has 0 fully saturated rings. The standard InChI is InChI=1S/C14H23NO3S2/c1-14(2,11-15)9-4-10-19(16)12-5-7-13(8-6-12)20(3,17)18/h5-8H,4,9-11,15H2,1-3H3. The molecule has 0 aliphatic carbocycles. The lowest BCUT2D eigenvalue weighted by Gasteiger charge is -2.21. The second-order valence-corrected chi connectivity index (χ2v) is 9.35. The van der Waals surface area contributed by atoms with Gasteiger partial charge in [-0.3, -0.25) is 4.21 Å². The third-order valence-electron chi connectivity index (χ3n) is 3.25. The molecule has 0 heterocycles. The minimum absolute atomic E-state index is 0.0738. The van der Waals surface area contributed by atoms with Crippen LogP contribution in [0, 0.1) is 5.41 Å². The van der Waals surface area contributed by atoms with Gasteiger partial charge in [-0.05, 0) is 49.1 Å². The maximum absolute atomic E-state index is 12.1. The first kappa shape index (κ1) is 17.3. The Morgan fingerprint density at radius 3 is 2.20 bits per heavy atom. The van der Waals surface area contributed by atoms with Crippen molar-refractivity contribution in [1.82, 2.24) is 0 Å². The predicted molar refractivity (Wildman–Crippen MR) is 82.9 cm³/mol. The van der Waals surface area contributed by atoms with Crippen LogP contribution in [0.25, 0.3) is 0 Å². The number of sulfone groups is 1. The zero-order valence-corrected chi connectivity index (χ0v) is 13.9. The quantitative estimate of drug-likeness (QED) is 0.834. The van der Waals surface area contributed by atoms with Crippen molar-refractivity contribution >= 4 is 20.6 Å². The van der Waals surface area contributed by atoms with E-state index in [4.69, 9.17) is 5.73 Å². The summed E-state index contributed by atoms with van der Waals surface area (Å²) in [4.78, 5) is 0.922. The summed E-state index contributed by atoms with van der Waals surface area (Å²) in [6.45, 7) is 4.80. The fourth-order valence-electron chi connectivity index (χ4n) is 1.74. The number of rotatable bonds is 7. The molecule has 4 nitrogen and oxygen atoms in total. The summed E-state index contributed by atoms with van der Waals surface area (Å²) in [5.74, 6) is 0.571. The Bertz CT molecular complexity index is 563. The van der Waals surface area contributed by atoms with E-state index in [-0.39, 0.29) is 10.3 Å². The molecule has 1 rings (SSSR count).